The van der Waals surface area contributed by atoms with Crippen LogP contribution in [0.5, 0.6) is 0 Å². The molecular formula is C17H26N2O2. The molecule has 0 aliphatic rings. The lowest BCUT2D eigenvalue weighted by atomic mass is 10.1. The summed E-state index contributed by atoms with van der Waals surface area (Å²) in [5.74, 6) is -0.0947. The topological polar surface area (TPSA) is 40.6 Å². The lowest BCUT2D eigenvalue weighted by Crippen LogP contribution is -2.43. The van der Waals surface area contributed by atoms with Crippen LogP contribution in [0.25, 0.3) is 0 Å². The number of aryl methyl sites for hydroxylation is 1. The molecule has 0 saturated carbocycles. The fraction of sp³-hybridized carbons (Fsp3) is 0.529. The van der Waals surface area contributed by atoms with Crippen molar-refractivity contribution in [2.45, 2.75) is 40.5 Å². The van der Waals surface area contributed by atoms with Gasteiger partial charge in [-0.3, -0.25) is 9.59 Å². The molecule has 0 aliphatic heterocycles. The molecule has 116 valence electrons. The van der Waals surface area contributed by atoms with Gasteiger partial charge in [-0.25, -0.2) is 0 Å². The molecule has 0 N–H and O–H groups in total. The first-order valence-electron chi connectivity index (χ1n) is 7.62. The van der Waals surface area contributed by atoms with Gasteiger partial charge in [0.1, 0.15) is 6.54 Å². The van der Waals surface area contributed by atoms with Gasteiger partial charge in [-0.15, -0.1) is 0 Å². The molecule has 1 aromatic rings. The van der Waals surface area contributed by atoms with Gasteiger partial charge in [-0.05, 0) is 31.4 Å². The molecule has 4 nitrogen and oxygen atoms in total. The monoisotopic (exact) mass is 290 g/mol. The van der Waals surface area contributed by atoms with Crippen LogP contribution < -0.4 is 4.90 Å². The molecule has 0 unspecified atom stereocenters. The molecule has 4 heteroatoms. The Hall–Kier alpha value is -1.84. The highest BCUT2D eigenvalue weighted by atomic mass is 16.2. The van der Waals surface area contributed by atoms with Crippen LogP contribution in [0.3, 0.4) is 0 Å². The van der Waals surface area contributed by atoms with Crippen molar-refractivity contribution in [2.24, 2.45) is 0 Å². The maximum atomic E-state index is 12.5. The first kappa shape index (κ1) is 17.2. The predicted molar refractivity (Wildman–Crippen MR) is 86.4 cm³/mol. The average molecular weight is 290 g/mol. The first-order valence-corrected chi connectivity index (χ1v) is 7.62. The maximum absolute atomic E-state index is 12.5. The third-order valence-electron chi connectivity index (χ3n) is 3.42. The normalized spacial score (nSPS) is 10.3. The summed E-state index contributed by atoms with van der Waals surface area (Å²) in [6, 6.07) is 7.65. The minimum atomic E-state index is -0.106. The Labute approximate surface area is 127 Å². The number of hydrogen-bond donors (Lipinski definition) is 0. The van der Waals surface area contributed by atoms with Gasteiger partial charge in [0.25, 0.3) is 0 Å². The van der Waals surface area contributed by atoms with Crippen LogP contribution in [0, 0.1) is 6.92 Å². The standard InChI is InChI=1S/C17H26N2O2/c1-5-11-18(12-6-2)17(21)13-19(15(4)20)16-10-8-7-9-14(16)3/h7-10H,5-6,11-13H2,1-4H3. The fourth-order valence-electron chi connectivity index (χ4n) is 2.37. The number of nitrogens with zero attached hydrogens (tertiary/aromatic N) is 2. The molecule has 0 radical (unpaired) electrons. The van der Waals surface area contributed by atoms with Crippen molar-refractivity contribution < 1.29 is 9.59 Å². The van der Waals surface area contributed by atoms with E-state index in [-0.39, 0.29) is 18.4 Å². The Morgan fingerprint density at radius 2 is 1.62 bits per heavy atom. The fourth-order valence-corrected chi connectivity index (χ4v) is 2.37. The van der Waals surface area contributed by atoms with E-state index in [4.69, 9.17) is 0 Å². The highest BCUT2D eigenvalue weighted by Gasteiger charge is 2.20. The molecule has 0 fully saturated rings. The number of amides is 2. The van der Waals surface area contributed by atoms with Gasteiger partial charge in [0.2, 0.25) is 11.8 Å². The third-order valence-corrected chi connectivity index (χ3v) is 3.42. The lowest BCUT2D eigenvalue weighted by Gasteiger charge is -2.27. The lowest BCUT2D eigenvalue weighted by molar-refractivity contribution is -0.131. The van der Waals surface area contributed by atoms with Crippen molar-refractivity contribution in [3.8, 4) is 0 Å². The van der Waals surface area contributed by atoms with Crippen molar-refractivity contribution >= 4 is 17.5 Å². The molecule has 1 aromatic carbocycles. The quantitative estimate of drug-likeness (QED) is 0.774. The van der Waals surface area contributed by atoms with Crippen LogP contribution in [-0.4, -0.2) is 36.3 Å². The molecule has 2 amide bonds. The van der Waals surface area contributed by atoms with E-state index in [9.17, 15) is 9.59 Å². The van der Waals surface area contributed by atoms with Crippen LogP contribution in [0.15, 0.2) is 24.3 Å². The molecule has 21 heavy (non-hydrogen) atoms. The number of benzene rings is 1. The minimum Gasteiger partial charge on any atom is -0.341 e. The molecule has 1 rings (SSSR count). The Bertz CT molecular complexity index is 479. The zero-order valence-corrected chi connectivity index (χ0v) is 13.6. The molecular weight excluding hydrogens is 264 g/mol. The van der Waals surface area contributed by atoms with Crippen LogP contribution in [0.1, 0.15) is 39.2 Å². The smallest absolute Gasteiger partial charge is 0.242 e. The van der Waals surface area contributed by atoms with Crippen molar-refractivity contribution in [3.63, 3.8) is 0 Å². The molecule has 0 atom stereocenters. The van der Waals surface area contributed by atoms with Gasteiger partial charge < -0.3 is 9.80 Å². The number of carbonyl (C=O) groups is 2. The van der Waals surface area contributed by atoms with Crippen molar-refractivity contribution in [1.29, 1.82) is 0 Å². The zero-order chi connectivity index (χ0) is 15.8. The molecule has 0 spiro atoms. The SMILES string of the molecule is CCCN(CCC)C(=O)CN(C(C)=O)c1ccccc1C. The summed E-state index contributed by atoms with van der Waals surface area (Å²) in [6.45, 7) is 9.16. The first-order chi connectivity index (χ1) is 10.0. The Morgan fingerprint density at radius 3 is 2.10 bits per heavy atom. The summed E-state index contributed by atoms with van der Waals surface area (Å²) in [4.78, 5) is 27.8. The highest BCUT2D eigenvalue weighted by Crippen LogP contribution is 2.19. The van der Waals surface area contributed by atoms with Crippen molar-refractivity contribution in [1.82, 2.24) is 4.90 Å². The second-order valence-electron chi connectivity index (χ2n) is 5.27. The van der Waals surface area contributed by atoms with E-state index < -0.39 is 0 Å². The van der Waals surface area contributed by atoms with Crippen molar-refractivity contribution in [3.05, 3.63) is 29.8 Å². The van der Waals surface area contributed by atoms with E-state index in [0.717, 1.165) is 37.2 Å². The second kappa shape index (κ2) is 8.45. The molecule has 0 heterocycles. The summed E-state index contributed by atoms with van der Waals surface area (Å²) >= 11 is 0. The van der Waals surface area contributed by atoms with Gasteiger partial charge in [0.05, 0.1) is 0 Å². The largest absolute Gasteiger partial charge is 0.341 e. The van der Waals surface area contributed by atoms with Crippen LogP contribution in [0.4, 0.5) is 5.69 Å². The van der Waals surface area contributed by atoms with Crippen LogP contribution >= 0.6 is 0 Å². The third kappa shape index (κ3) is 4.88. The van der Waals surface area contributed by atoms with E-state index in [1.165, 1.54) is 6.92 Å². The van der Waals surface area contributed by atoms with E-state index in [1.807, 2.05) is 36.1 Å². The Balaban J connectivity index is 2.91. The number of rotatable bonds is 7. The maximum Gasteiger partial charge on any atom is 0.242 e. The van der Waals surface area contributed by atoms with E-state index in [2.05, 4.69) is 13.8 Å². The molecule has 0 aliphatic carbocycles. The summed E-state index contributed by atoms with van der Waals surface area (Å²) < 4.78 is 0. The Kier molecular flexibility index (Phi) is 6.92. The van der Waals surface area contributed by atoms with Crippen LogP contribution in [-0.2, 0) is 9.59 Å². The summed E-state index contributed by atoms with van der Waals surface area (Å²) in [6.07, 6.45) is 1.85. The van der Waals surface area contributed by atoms with Gasteiger partial charge >= 0.3 is 0 Å². The van der Waals surface area contributed by atoms with E-state index in [0.29, 0.717) is 0 Å². The minimum absolute atomic E-state index is 0.0113. The van der Waals surface area contributed by atoms with E-state index >= 15 is 0 Å². The number of hydrogen-bond acceptors (Lipinski definition) is 2. The number of para-hydroxylation sites is 1. The second-order valence-corrected chi connectivity index (χ2v) is 5.27. The highest BCUT2D eigenvalue weighted by molar-refractivity contribution is 5.98. The number of carbonyl (C=O) groups excluding carboxylic acids is 2. The zero-order valence-electron chi connectivity index (χ0n) is 13.6. The molecule has 0 aromatic heterocycles. The number of anilines is 1. The molecule has 0 bridgehead atoms. The van der Waals surface area contributed by atoms with Gasteiger partial charge in [-0.1, -0.05) is 32.0 Å². The van der Waals surface area contributed by atoms with Crippen molar-refractivity contribution in [2.75, 3.05) is 24.5 Å². The average Bonchev–Trinajstić information content (AvgIpc) is 2.45. The van der Waals surface area contributed by atoms with Gasteiger partial charge in [-0.2, -0.15) is 0 Å². The summed E-state index contributed by atoms with van der Waals surface area (Å²) in [5, 5.41) is 0. The summed E-state index contributed by atoms with van der Waals surface area (Å²) in [7, 11) is 0. The van der Waals surface area contributed by atoms with E-state index in [1.54, 1.807) is 4.90 Å². The van der Waals surface area contributed by atoms with Crippen LogP contribution in [0.2, 0.25) is 0 Å². The molecule has 0 saturated heterocycles. The summed E-state index contributed by atoms with van der Waals surface area (Å²) in [5.41, 5.74) is 1.81. The van der Waals surface area contributed by atoms with Gasteiger partial charge in [0.15, 0.2) is 0 Å². The predicted octanol–water partition coefficient (Wildman–Crippen LogP) is 3.00. The van der Waals surface area contributed by atoms with Gasteiger partial charge in [0, 0.05) is 25.7 Å². The Morgan fingerprint density at radius 1 is 1.05 bits per heavy atom.